The molecule has 0 aliphatic carbocycles. The Morgan fingerprint density at radius 1 is 1.21 bits per heavy atom. The summed E-state index contributed by atoms with van der Waals surface area (Å²) >= 11 is 0. The summed E-state index contributed by atoms with van der Waals surface area (Å²) in [7, 11) is -4.48. The molecule has 0 saturated carbocycles. The van der Waals surface area contributed by atoms with Crippen LogP contribution in [-0.2, 0) is 13.0 Å². The van der Waals surface area contributed by atoms with E-state index in [0.717, 1.165) is 6.61 Å². The van der Waals surface area contributed by atoms with E-state index in [1.165, 1.54) is 0 Å². The first-order valence-corrected chi connectivity index (χ1v) is 13.7. The van der Waals surface area contributed by atoms with E-state index in [0.29, 0.717) is 5.73 Å². The van der Waals surface area contributed by atoms with E-state index in [9.17, 15) is 0 Å². The molecule has 1 saturated heterocycles. The fraction of sp³-hybridized carbons (Fsp3) is 1.00. The van der Waals surface area contributed by atoms with E-state index in [4.69, 9.17) is 13.0 Å². The largest absolute Gasteiger partial charge is 0.437 e. The SMILES string of the molecule is C[SiH](O[Si](C)(C)O[Si](C)(C)C)C1CO1. The second kappa shape index (κ2) is 4.19. The predicted molar refractivity (Wildman–Crippen MR) is 65.8 cm³/mol. The Morgan fingerprint density at radius 2 is 1.71 bits per heavy atom. The molecule has 0 aromatic heterocycles. The summed E-state index contributed by atoms with van der Waals surface area (Å²) < 4.78 is 17.5. The van der Waals surface area contributed by atoms with Gasteiger partial charge in [0, 0.05) is 0 Å². The van der Waals surface area contributed by atoms with Crippen LogP contribution in [0.1, 0.15) is 0 Å². The lowest BCUT2D eigenvalue weighted by molar-refractivity contribution is 0.381. The molecular weight excluding hydrogens is 228 g/mol. The summed E-state index contributed by atoms with van der Waals surface area (Å²) in [5.41, 5.74) is 0.451. The molecule has 1 heterocycles. The highest BCUT2D eigenvalue weighted by atomic mass is 28.5. The third kappa shape index (κ3) is 4.85. The molecule has 0 amide bonds. The summed E-state index contributed by atoms with van der Waals surface area (Å²) in [5.74, 6) is 0. The highest BCUT2D eigenvalue weighted by Crippen LogP contribution is 2.21. The van der Waals surface area contributed by atoms with Crippen molar-refractivity contribution in [2.24, 2.45) is 0 Å². The average Bonchev–Trinajstić information content (AvgIpc) is 2.57. The minimum Gasteiger partial charge on any atom is -0.437 e. The molecule has 0 radical (unpaired) electrons. The van der Waals surface area contributed by atoms with Crippen LogP contribution in [0.4, 0.5) is 0 Å². The Morgan fingerprint density at radius 3 is 2.07 bits per heavy atom. The van der Waals surface area contributed by atoms with Gasteiger partial charge in [-0.2, -0.15) is 0 Å². The Kier molecular flexibility index (Phi) is 3.77. The van der Waals surface area contributed by atoms with Gasteiger partial charge in [0.2, 0.25) is 0 Å². The monoisotopic (exact) mass is 250 g/mol. The summed E-state index contributed by atoms with van der Waals surface area (Å²) in [6.45, 7) is 14.1. The number of epoxide rings is 1. The normalized spacial score (nSPS) is 24.9. The van der Waals surface area contributed by atoms with Gasteiger partial charge in [0.25, 0.3) is 0 Å². The van der Waals surface area contributed by atoms with Gasteiger partial charge < -0.3 is 13.0 Å². The molecule has 1 fully saturated rings. The fourth-order valence-electron chi connectivity index (χ4n) is 1.61. The van der Waals surface area contributed by atoms with Crippen LogP contribution in [0, 0.1) is 0 Å². The zero-order valence-corrected chi connectivity index (χ0v) is 13.2. The lowest BCUT2D eigenvalue weighted by Gasteiger charge is -2.32. The minimum absolute atomic E-state index is 0.451. The molecule has 84 valence electrons. The third-order valence-electron chi connectivity index (χ3n) is 1.90. The first-order valence-electron chi connectivity index (χ1n) is 5.19. The van der Waals surface area contributed by atoms with Crippen molar-refractivity contribution in [3.63, 3.8) is 0 Å². The second-order valence-electron chi connectivity index (χ2n) is 5.31. The van der Waals surface area contributed by atoms with E-state index in [1.54, 1.807) is 0 Å². The van der Waals surface area contributed by atoms with E-state index in [-0.39, 0.29) is 0 Å². The van der Waals surface area contributed by atoms with Gasteiger partial charge in [0.05, 0.1) is 12.3 Å². The zero-order valence-electron chi connectivity index (χ0n) is 10.1. The second-order valence-corrected chi connectivity index (χ2v) is 16.2. The van der Waals surface area contributed by atoms with Crippen molar-refractivity contribution in [2.75, 3.05) is 6.61 Å². The topological polar surface area (TPSA) is 31.0 Å². The maximum absolute atomic E-state index is 6.11. The number of hydrogen-bond acceptors (Lipinski definition) is 3. The van der Waals surface area contributed by atoms with Gasteiger partial charge in [-0.3, -0.25) is 0 Å². The van der Waals surface area contributed by atoms with Crippen molar-refractivity contribution >= 4 is 25.9 Å². The smallest absolute Gasteiger partial charge is 0.311 e. The van der Waals surface area contributed by atoms with E-state index >= 15 is 0 Å². The van der Waals surface area contributed by atoms with Crippen LogP contribution in [0.25, 0.3) is 0 Å². The van der Waals surface area contributed by atoms with Crippen LogP contribution in [0.2, 0.25) is 39.3 Å². The summed E-state index contributed by atoms with van der Waals surface area (Å²) in [6, 6.07) is 0. The van der Waals surface area contributed by atoms with Crippen LogP contribution >= 0.6 is 0 Å². The van der Waals surface area contributed by atoms with Crippen LogP contribution in [0.15, 0.2) is 0 Å². The Balaban J connectivity index is 2.39. The summed E-state index contributed by atoms with van der Waals surface area (Å²) in [4.78, 5) is 0. The fourth-order valence-corrected chi connectivity index (χ4v) is 13.0. The van der Waals surface area contributed by atoms with Crippen LogP contribution in [0.3, 0.4) is 0 Å². The van der Waals surface area contributed by atoms with Gasteiger partial charge in [-0.25, -0.2) is 0 Å². The molecule has 14 heavy (non-hydrogen) atoms. The van der Waals surface area contributed by atoms with Gasteiger partial charge in [0.1, 0.15) is 0 Å². The number of rotatable bonds is 5. The highest BCUT2D eigenvalue weighted by Gasteiger charge is 2.39. The Bertz CT molecular complexity index is 198. The molecular formula is C8H22O3Si3. The lowest BCUT2D eigenvalue weighted by atomic mass is 11.0. The molecule has 1 aliphatic rings. The highest BCUT2D eigenvalue weighted by molar-refractivity contribution is 6.84. The number of hydrogen-bond donors (Lipinski definition) is 0. The maximum atomic E-state index is 6.11. The molecule has 3 nitrogen and oxygen atoms in total. The molecule has 6 heteroatoms. The van der Waals surface area contributed by atoms with E-state index < -0.39 is 25.9 Å². The molecule has 1 aliphatic heterocycles. The molecule has 0 spiro atoms. The van der Waals surface area contributed by atoms with Crippen molar-refractivity contribution in [3.05, 3.63) is 0 Å². The molecule has 0 aromatic rings. The first-order chi connectivity index (χ1) is 6.20. The molecule has 0 bridgehead atoms. The maximum Gasteiger partial charge on any atom is 0.311 e. The van der Waals surface area contributed by atoms with Crippen molar-refractivity contribution in [1.82, 2.24) is 0 Å². The first kappa shape index (κ1) is 12.6. The van der Waals surface area contributed by atoms with Crippen LogP contribution in [0.5, 0.6) is 0 Å². The van der Waals surface area contributed by atoms with Crippen molar-refractivity contribution in [2.45, 2.75) is 45.0 Å². The zero-order chi connectivity index (χ0) is 11.0. The molecule has 0 aromatic carbocycles. The van der Waals surface area contributed by atoms with Gasteiger partial charge in [-0.05, 0) is 39.3 Å². The predicted octanol–water partition coefficient (Wildman–Crippen LogP) is 1.85. The molecule has 0 N–H and O–H groups in total. The quantitative estimate of drug-likeness (QED) is 0.551. The van der Waals surface area contributed by atoms with Crippen LogP contribution in [-0.4, -0.2) is 38.3 Å². The van der Waals surface area contributed by atoms with E-state index in [2.05, 4.69) is 39.3 Å². The van der Waals surface area contributed by atoms with Crippen molar-refractivity contribution in [3.8, 4) is 0 Å². The van der Waals surface area contributed by atoms with Gasteiger partial charge in [-0.15, -0.1) is 0 Å². The Labute approximate surface area is 90.9 Å². The Hall–Kier alpha value is 0.531. The van der Waals surface area contributed by atoms with Crippen molar-refractivity contribution in [1.29, 1.82) is 0 Å². The van der Waals surface area contributed by atoms with Crippen molar-refractivity contribution < 1.29 is 13.0 Å². The summed E-state index contributed by atoms with van der Waals surface area (Å²) in [5, 5.41) is 0. The minimum atomic E-state index is -1.88. The summed E-state index contributed by atoms with van der Waals surface area (Å²) in [6.07, 6.45) is 0. The average molecular weight is 251 g/mol. The van der Waals surface area contributed by atoms with Gasteiger partial charge in [-0.1, -0.05) is 0 Å². The van der Waals surface area contributed by atoms with Crippen LogP contribution < -0.4 is 0 Å². The van der Waals surface area contributed by atoms with Gasteiger partial charge in [0.15, 0.2) is 17.4 Å². The number of ether oxygens (including phenoxy) is 1. The van der Waals surface area contributed by atoms with E-state index in [1.807, 2.05) is 0 Å². The molecule has 1 rings (SSSR count). The standard InChI is InChI=1S/C8H22O3Si3/c1-12(8-7-9-8)10-14(5,6)11-13(2,3)4/h8,12H,7H2,1-6H3. The molecule has 2 atom stereocenters. The molecule has 2 unspecified atom stereocenters. The lowest BCUT2D eigenvalue weighted by Crippen LogP contribution is -2.48. The van der Waals surface area contributed by atoms with Gasteiger partial charge >= 0.3 is 8.56 Å². The third-order valence-corrected chi connectivity index (χ3v) is 11.5.